The molecule has 0 heterocycles. The first-order valence-electron chi connectivity index (χ1n) is 7.51. The van der Waals surface area contributed by atoms with Gasteiger partial charge in [0.25, 0.3) is 0 Å². The van der Waals surface area contributed by atoms with Gasteiger partial charge in [-0.05, 0) is 56.0 Å². The lowest BCUT2D eigenvalue weighted by Crippen LogP contribution is -2.07. The lowest BCUT2D eigenvalue weighted by molar-refractivity contribution is 0.283. The summed E-state index contributed by atoms with van der Waals surface area (Å²) in [5, 5.41) is 8.99. The number of aliphatic hydroxyl groups excluding tert-OH is 1. The van der Waals surface area contributed by atoms with E-state index in [1.165, 1.54) is 0 Å². The molecule has 0 aromatic heterocycles. The van der Waals surface area contributed by atoms with Gasteiger partial charge in [-0.25, -0.2) is 0 Å². The predicted molar refractivity (Wildman–Crippen MR) is 81.4 cm³/mol. The summed E-state index contributed by atoms with van der Waals surface area (Å²) in [6.07, 6.45) is 4.54. The van der Waals surface area contributed by atoms with Gasteiger partial charge in [-0.2, -0.15) is 0 Å². The molecule has 1 aromatic carbocycles. The summed E-state index contributed by atoms with van der Waals surface area (Å²) in [6.45, 7) is 4.32. The molecule has 0 atom stereocenters. The summed E-state index contributed by atoms with van der Waals surface area (Å²) in [5.74, 6) is 1.74. The van der Waals surface area contributed by atoms with E-state index in [9.17, 15) is 0 Å². The number of hydrogen-bond donors (Lipinski definition) is 2. The summed E-state index contributed by atoms with van der Waals surface area (Å²) < 4.78 is 11.4. The Bertz CT molecular complexity index is 369. The Balaban J connectivity index is 2.66. The lowest BCUT2D eigenvalue weighted by Gasteiger charge is -2.13. The van der Waals surface area contributed by atoms with E-state index >= 15 is 0 Å². The highest BCUT2D eigenvalue weighted by molar-refractivity contribution is 5.40. The molecule has 0 amide bonds. The summed E-state index contributed by atoms with van der Waals surface area (Å²) >= 11 is 0. The molecule has 3 N–H and O–H groups in total. The molecular weight excluding hydrogens is 254 g/mol. The van der Waals surface area contributed by atoms with Crippen molar-refractivity contribution >= 4 is 0 Å². The third kappa shape index (κ3) is 6.26. The fourth-order valence-electron chi connectivity index (χ4n) is 1.85. The van der Waals surface area contributed by atoms with Crippen molar-refractivity contribution in [3.05, 3.63) is 23.8 Å². The SMILES string of the molecule is CCCCOc1ccc(OCCCN)c(CCCO)c1. The number of hydrogen-bond acceptors (Lipinski definition) is 4. The van der Waals surface area contributed by atoms with Gasteiger partial charge in [-0.15, -0.1) is 0 Å². The number of benzene rings is 1. The van der Waals surface area contributed by atoms with Crippen molar-refractivity contribution in [2.75, 3.05) is 26.4 Å². The van der Waals surface area contributed by atoms with Gasteiger partial charge < -0.3 is 20.3 Å². The average molecular weight is 281 g/mol. The Morgan fingerprint density at radius 2 is 1.90 bits per heavy atom. The third-order valence-corrected chi connectivity index (χ3v) is 3.01. The van der Waals surface area contributed by atoms with Crippen LogP contribution in [0.4, 0.5) is 0 Å². The number of rotatable bonds is 11. The van der Waals surface area contributed by atoms with Crippen LogP contribution in [-0.2, 0) is 6.42 Å². The molecule has 0 aliphatic carbocycles. The molecule has 0 saturated heterocycles. The largest absolute Gasteiger partial charge is 0.494 e. The van der Waals surface area contributed by atoms with Crippen molar-refractivity contribution in [2.45, 2.75) is 39.0 Å². The second kappa shape index (κ2) is 10.5. The van der Waals surface area contributed by atoms with Crippen LogP contribution < -0.4 is 15.2 Å². The molecule has 4 nitrogen and oxygen atoms in total. The Morgan fingerprint density at radius 3 is 2.60 bits per heavy atom. The fraction of sp³-hybridized carbons (Fsp3) is 0.625. The highest BCUT2D eigenvalue weighted by Gasteiger charge is 2.06. The minimum atomic E-state index is 0.184. The van der Waals surface area contributed by atoms with Gasteiger partial charge in [-0.3, -0.25) is 0 Å². The maximum Gasteiger partial charge on any atom is 0.122 e. The van der Waals surface area contributed by atoms with E-state index in [4.69, 9.17) is 20.3 Å². The minimum Gasteiger partial charge on any atom is -0.494 e. The minimum absolute atomic E-state index is 0.184. The van der Waals surface area contributed by atoms with Gasteiger partial charge in [0.2, 0.25) is 0 Å². The van der Waals surface area contributed by atoms with E-state index in [0.717, 1.165) is 55.8 Å². The molecule has 0 aliphatic rings. The highest BCUT2D eigenvalue weighted by atomic mass is 16.5. The van der Waals surface area contributed by atoms with Crippen LogP contribution in [0.1, 0.15) is 38.2 Å². The van der Waals surface area contributed by atoms with Crippen LogP contribution in [0, 0.1) is 0 Å². The van der Waals surface area contributed by atoms with Crippen LogP contribution in [0.3, 0.4) is 0 Å². The van der Waals surface area contributed by atoms with E-state index in [1.54, 1.807) is 0 Å². The lowest BCUT2D eigenvalue weighted by atomic mass is 10.1. The van der Waals surface area contributed by atoms with E-state index < -0.39 is 0 Å². The molecule has 114 valence electrons. The zero-order chi connectivity index (χ0) is 14.6. The molecule has 0 fully saturated rings. The zero-order valence-corrected chi connectivity index (χ0v) is 12.4. The van der Waals surface area contributed by atoms with Gasteiger partial charge in [-0.1, -0.05) is 13.3 Å². The van der Waals surface area contributed by atoms with E-state index in [0.29, 0.717) is 13.2 Å². The van der Waals surface area contributed by atoms with E-state index in [-0.39, 0.29) is 6.61 Å². The van der Waals surface area contributed by atoms with Crippen molar-refractivity contribution in [1.82, 2.24) is 0 Å². The monoisotopic (exact) mass is 281 g/mol. The van der Waals surface area contributed by atoms with Gasteiger partial charge in [0.15, 0.2) is 0 Å². The summed E-state index contributed by atoms with van der Waals surface area (Å²) in [6, 6.07) is 5.91. The fourth-order valence-corrected chi connectivity index (χ4v) is 1.85. The summed E-state index contributed by atoms with van der Waals surface area (Å²) in [5.41, 5.74) is 6.56. The molecule has 0 saturated carbocycles. The van der Waals surface area contributed by atoms with Crippen molar-refractivity contribution in [2.24, 2.45) is 5.73 Å². The molecule has 0 radical (unpaired) electrons. The second-order valence-corrected chi connectivity index (χ2v) is 4.79. The van der Waals surface area contributed by atoms with Gasteiger partial charge in [0, 0.05) is 6.61 Å². The molecular formula is C16H27NO3. The van der Waals surface area contributed by atoms with Crippen LogP contribution in [0.2, 0.25) is 0 Å². The van der Waals surface area contributed by atoms with E-state index in [1.807, 2.05) is 18.2 Å². The van der Waals surface area contributed by atoms with Gasteiger partial charge in [0.05, 0.1) is 13.2 Å². The molecule has 1 rings (SSSR count). The average Bonchev–Trinajstić information content (AvgIpc) is 2.47. The number of aryl methyl sites for hydroxylation is 1. The van der Waals surface area contributed by atoms with Crippen molar-refractivity contribution < 1.29 is 14.6 Å². The first-order valence-corrected chi connectivity index (χ1v) is 7.51. The van der Waals surface area contributed by atoms with Crippen LogP contribution in [0.25, 0.3) is 0 Å². The Morgan fingerprint density at radius 1 is 1.10 bits per heavy atom. The Labute approximate surface area is 121 Å². The topological polar surface area (TPSA) is 64.7 Å². The predicted octanol–water partition coefficient (Wildman–Crippen LogP) is 2.52. The molecule has 4 heteroatoms. The van der Waals surface area contributed by atoms with Crippen LogP contribution in [0.5, 0.6) is 11.5 Å². The van der Waals surface area contributed by atoms with Crippen molar-refractivity contribution in [1.29, 1.82) is 0 Å². The molecule has 0 bridgehead atoms. The maximum absolute atomic E-state index is 8.99. The van der Waals surface area contributed by atoms with Crippen LogP contribution >= 0.6 is 0 Å². The smallest absolute Gasteiger partial charge is 0.122 e. The second-order valence-electron chi connectivity index (χ2n) is 4.79. The van der Waals surface area contributed by atoms with Crippen molar-refractivity contribution in [3.63, 3.8) is 0 Å². The molecule has 0 aliphatic heterocycles. The van der Waals surface area contributed by atoms with Crippen molar-refractivity contribution in [3.8, 4) is 11.5 Å². The van der Waals surface area contributed by atoms with Gasteiger partial charge in [0.1, 0.15) is 11.5 Å². The Kier molecular flexibility index (Phi) is 8.83. The van der Waals surface area contributed by atoms with Gasteiger partial charge >= 0.3 is 0 Å². The molecule has 0 spiro atoms. The van der Waals surface area contributed by atoms with Crippen LogP contribution in [-0.4, -0.2) is 31.5 Å². The third-order valence-electron chi connectivity index (χ3n) is 3.01. The standard InChI is InChI=1S/C16H27NO3/c1-2-3-11-19-15-7-8-16(20-12-5-9-17)14(13-15)6-4-10-18/h7-8,13,18H,2-6,9-12,17H2,1H3. The quantitative estimate of drug-likeness (QED) is 0.612. The van der Waals surface area contributed by atoms with E-state index in [2.05, 4.69) is 6.92 Å². The Hall–Kier alpha value is -1.26. The molecule has 20 heavy (non-hydrogen) atoms. The molecule has 0 unspecified atom stereocenters. The zero-order valence-electron chi connectivity index (χ0n) is 12.4. The first kappa shape index (κ1) is 16.8. The van der Waals surface area contributed by atoms with Crippen LogP contribution in [0.15, 0.2) is 18.2 Å². The summed E-state index contributed by atoms with van der Waals surface area (Å²) in [7, 11) is 0. The first-order chi connectivity index (χ1) is 9.81. The number of aliphatic hydroxyl groups is 1. The normalized spacial score (nSPS) is 10.6. The highest BCUT2D eigenvalue weighted by Crippen LogP contribution is 2.26. The summed E-state index contributed by atoms with van der Waals surface area (Å²) in [4.78, 5) is 0. The number of ether oxygens (including phenoxy) is 2. The number of nitrogens with two attached hydrogens (primary N) is 1. The maximum atomic E-state index is 8.99. The molecule has 1 aromatic rings. The number of unbranched alkanes of at least 4 members (excludes halogenated alkanes) is 1.